The van der Waals surface area contributed by atoms with Gasteiger partial charge in [-0.3, -0.25) is 0 Å². The van der Waals surface area contributed by atoms with Gasteiger partial charge in [-0.1, -0.05) is 96.7 Å². The predicted octanol–water partition coefficient (Wildman–Crippen LogP) is 9.67. The summed E-state index contributed by atoms with van der Waals surface area (Å²) in [7, 11) is 0. The SMILES string of the molecule is C=C(CC(C)c1ccc(C2CC2C)c(C(=C2CC2)C(C)CC)c1)C(C)CCCCC. The van der Waals surface area contributed by atoms with Gasteiger partial charge in [0.2, 0.25) is 0 Å². The van der Waals surface area contributed by atoms with E-state index in [4.69, 9.17) is 0 Å². The fourth-order valence-electron chi connectivity index (χ4n) is 5.15. The predicted molar refractivity (Wildman–Crippen MR) is 134 cm³/mol. The van der Waals surface area contributed by atoms with Crippen molar-refractivity contribution in [1.82, 2.24) is 0 Å². The van der Waals surface area contributed by atoms with E-state index in [-0.39, 0.29) is 0 Å². The van der Waals surface area contributed by atoms with Crippen LogP contribution in [0.3, 0.4) is 0 Å². The summed E-state index contributed by atoms with van der Waals surface area (Å²) in [6.07, 6.45) is 11.7. The summed E-state index contributed by atoms with van der Waals surface area (Å²) >= 11 is 0. The quantitative estimate of drug-likeness (QED) is 0.239. The Morgan fingerprint density at radius 3 is 2.33 bits per heavy atom. The first-order chi connectivity index (χ1) is 14.4. The Hall–Kier alpha value is -1.30. The number of hydrogen-bond donors (Lipinski definition) is 0. The normalized spacial score (nSPS) is 23.1. The Kier molecular flexibility index (Phi) is 8.05. The lowest BCUT2D eigenvalue weighted by atomic mass is 9.82. The second kappa shape index (κ2) is 10.3. The molecule has 0 bridgehead atoms. The van der Waals surface area contributed by atoms with Gasteiger partial charge in [0, 0.05) is 0 Å². The molecule has 2 saturated carbocycles. The van der Waals surface area contributed by atoms with Crippen LogP contribution in [-0.2, 0) is 0 Å². The Morgan fingerprint density at radius 2 is 1.77 bits per heavy atom. The molecule has 0 heteroatoms. The maximum absolute atomic E-state index is 4.49. The number of allylic oxidation sites excluding steroid dienone is 3. The van der Waals surface area contributed by atoms with E-state index in [2.05, 4.69) is 66.3 Å². The van der Waals surface area contributed by atoms with Crippen molar-refractivity contribution in [3.8, 4) is 0 Å². The molecular weight excluding hydrogens is 360 g/mol. The van der Waals surface area contributed by atoms with Gasteiger partial charge >= 0.3 is 0 Å². The summed E-state index contributed by atoms with van der Waals surface area (Å²) in [5.41, 5.74) is 9.65. The molecule has 0 radical (unpaired) electrons. The van der Waals surface area contributed by atoms with Crippen LogP contribution in [0, 0.1) is 17.8 Å². The Balaban J connectivity index is 1.81. The first-order valence-electron chi connectivity index (χ1n) is 12.9. The van der Waals surface area contributed by atoms with E-state index in [0.29, 0.717) is 17.8 Å². The highest BCUT2D eigenvalue weighted by molar-refractivity contribution is 5.76. The lowest BCUT2D eigenvalue weighted by Gasteiger charge is -2.23. The molecule has 2 fully saturated rings. The molecule has 1 aromatic rings. The van der Waals surface area contributed by atoms with Gasteiger partial charge in [-0.15, -0.1) is 0 Å². The van der Waals surface area contributed by atoms with Gasteiger partial charge in [0.05, 0.1) is 0 Å². The molecule has 3 rings (SSSR count). The van der Waals surface area contributed by atoms with Crippen LogP contribution in [-0.4, -0.2) is 0 Å². The van der Waals surface area contributed by atoms with Crippen LogP contribution in [0.2, 0.25) is 0 Å². The molecular formula is C30H46. The average molecular weight is 407 g/mol. The first kappa shape index (κ1) is 23.4. The van der Waals surface area contributed by atoms with Gasteiger partial charge in [-0.2, -0.15) is 0 Å². The van der Waals surface area contributed by atoms with Gasteiger partial charge < -0.3 is 0 Å². The number of unbranched alkanes of at least 4 members (excludes halogenated alkanes) is 2. The molecule has 0 aromatic heterocycles. The van der Waals surface area contributed by atoms with Gasteiger partial charge in [0.1, 0.15) is 0 Å². The summed E-state index contributed by atoms with van der Waals surface area (Å²) < 4.78 is 0. The van der Waals surface area contributed by atoms with Crippen LogP contribution in [0.4, 0.5) is 0 Å². The monoisotopic (exact) mass is 406 g/mol. The van der Waals surface area contributed by atoms with E-state index in [0.717, 1.165) is 18.3 Å². The fraction of sp³-hybridized carbons (Fsp3) is 0.667. The molecule has 0 N–H and O–H groups in total. The molecule has 0 nitrogen and oxygen atoms in total. The number of rotatable bonds is 12. The van der Waals surface area contributed by atoms with E-state index in [1.165, 1.54) is 62.5 Å². The van der Waals surface area contributed by atoms with Crippen molar-refractivity contribution in [3.63, 3.8) is 0 Å². The summed E-state index contributed by atoms with van der Waals surface area (Å²) in [6.45, 7) is 18.8. The zero-order valence-electron chi connectivity index (χ0n) is 20.7. The molecule has 2 aliphatic rings. The lowest BCUT2D eigenvalue weighted by molar-refractivity contribution is 0.529. The number of benzene rings is 1. The van der Waals surface area contributed by atoms with Gasteiger partial charge in [0.25, 0.3) is 0 Å². The topological polar surface area (TPSA) is 0 Å². The molecule has 166 valence electrons. The summed E-state index contributed by atoms with van der Waals surface area (Å²) in [5, 5.41) is 0. The van der Waals surface area contributed by atoms with Crippen molar-refractivity contribution < 1.29 is 0 Å². The second-order valence-corrected chi connectivity index (χ2v) is 10.7. The standard InChI is InChI=1S/C30H46/c1-8-10-11-12-21(4)22(5)17-23(6)26-15-16-27(28-18-24(28)7)29(19-26)30(20(3)9-2)25-13-14-25/h15-16,19-21,23-24,28H,5,8-14,17-18H2,1-4,6-7H3. The van der Waals surface area contributed by atoms with Crippen LogP contribution in [0.25, 0.3) is 5.57 Å². The summed E-state index contributed by atoms with van der Waals surface area (Å²) in [4.78, 5) is 0. The lowest BCUT2D eigenvalue weighted by Crippen LogP contribution is -2.06. The molecule has 5 atom stereocenters. The van der Waals surface area contributed by atoms with Crippen LogP contribution in [0.1, 0.15) is 128 Å². The van der Waals surface area contributed by atoms with Crippen LogP contribution < -0.4 is 0 Å². The van der Waals surface area contributed by atoms with E-state index < -0.39 is 0 Å². The minimum absolute atomic E-state index is 0.554. The smallest absolute Gasteiger partial charge is 0.0127 e. The van der Waals surface area contributed by atoms with Crippen molar-refractivity contribution in [2.75, 3.05) is 0 Å². The second-order valence-electron chi connectivity index (χ2n) is 10.7. The third kappa shape index (κ3) is 5.68. The van der Waals surface area contributed by atoms with Crippen molar-refractivity contribution in [1.29, 1.82) is 0 Å². The number of hydrogen-bond acceptors (Lipinski definition) is 0. The van der Waals surface area contributed by atoms with Gasteiger partial charge in [0.15, 0.2) is 0 Å². The minimum Gasteiger partial charge on any atom is -0.0996 e. The Labute approximate surface area is 187 Å². The van der Waals surface area contributed by atoms with E-state index in [9.17, 15) is 0 Å². The largest absolute Gasteiger partial charge is 0.0996 e. The highest BCUT2D eigenvalue weighted by atomic mass is 14.4. The molecule has 0 spiro atoms. The molecule has 0 saturated heterocycles. The highest BCUT2D eigenvalue weighted by Gasteiger charge is 2.37. The fourth-order valence-corrected chi connectivity index (χ4v) is 5.15. The van der Waals surface area contributed by atoms with E-state index >= 15 is 0 Å². The van der Waals surface area contributed by atoms with Crippen LogP contribution in [0.5, 0.6) is 0 Å². The first-order valence-corrected chi connectivity index (χ1v) is 12.9. The summed E-state index contributed by atoms with van der Waals surface area (Å²) in [6, 6.07) is 7.52. The minimum atomic E-state index is 0.554. The molecule has 1 aromatic carbocycles. The summed E-state index contributed by atoms with van der Waals surface area (Å²) in [5.74, 6) is 3.52. The molecule has 30 heavy (non-hydrogen) atoms. The van der Waals surface area contributed by atoms with Gasteiger partial charge in [-0.05, 0) is 90.4 Å². The maximum Gasteiger partial charge on any atom is -0.0127 e. The molecule has 0 heterocycles. The average Bonchev–Trinajstić information content (AvgIpc) is 3.66. The molecule has 2 aliphatic carbocycles. The third-order valence-electron chi connectivity index (χ3n) is 7.94. The third-order valence-corrected chi connectivity index (χ3v) is 7.94. The van der Waals surface area contributed by atoms with Crippen LogP contribution >= 0.6 is 0 Å². The Bertz CT molecular complexity index is 758. The zero-order chi connectivity index (χ0) is 21.8. The molecule has 0 amide bonds. The van der Waals surface area contributed by atoms with Crippen molar-refractivity contribution in [3.05, 3.63) is 52.6 Å². The maximum atomic E-state index is 4.49. The van der Waals surface area contributed by atoms with Crippen molar-refractivity contribution in [2.24, 2.45) is 17.8 Å². The van der Waals surface area contributed by atoms with Crippen molar-refractivity contribution >= 4 is 5.57 Å². The Morgan fingerprint density at radius 1 is 1.07 bits per heavy atom. The van der Waals surface area contributed by atoms with Crippen LogP contribution in [0.15, 0.2) is 35.9 Å². The molecule has 5 unspecified atom stereocenters. The van der Waals surface area contributed by atoms with Crippen molar-refractivity contribution in [2.45, 2.75) is 111 Å². The molecule has 0 aliphatic heterocycles. The van der Waals surface area contributed by atoms with E-state index in [1.807, 2.05) is 0 Å². The zero-order valence-corrected chi connectivity index (χ0v) is 20.7. The van der Waals surface area contributed by atoms with Gasteiger partial charge in [-0.25, -0.2) is 0 Å². The van der Waals surface area contributed by atoms with E-state index in [1.54, 1.807) is 22.3 Å². The highest BCUT2D eigenvalue weighted by Crippen LogP contribution is 2.52.